The van der Waals surface area contributed by atoms with Gasteiger partial charge in [0.15, 0.2) is 0 Å². The number of hydrogen-bond acceptors (Lipinski definition) is 2. The summed E-state index contributed by atoms with van der Waals surface area (Å²) < 4.78 is 0. The zero-order valence-electron chi connectivity index (χ0n) is 12.8. The molecule has 0 spiro atoms. The van der Waals surface area contributed by atoms with Crippen LogP contribution in [0.1, 0.15) is 18.4 Å². The highest BCUT2D eigenvalue weighted by Crippen LogP contribution is 2.17. The number of halogens is 2. The predicted molar refractivity (Wildman–Crippen MR) is 91.7 cm³/mol. The van der Waals surface area contributed by atoms with Crippen LogP contribution in [0.25, 0.3) is 0 Å². The molecule has 0 fully saturated rings. The molecule has 1 aromatic rings. The second-order valence-electron chi connectivity index (χ2n) is 5.17. The highest BCUT2D eigenvalue weighted by Gasteiger charge is 2.06. The Kier molecular flexibility index (Phi) is 8.55. The number of nitrogens with zero attached hydrogens (tertiary/aromatic N) is 2. The standard InChI is InChI=1S/C16H24Cl2N2O/c1-19(2)16(21)5-3-4-14-6-8-15(9-7-14)20(12-10-17)13-11-18/h6-9H,3-5,10-13H2,1-2H3. The van der Waals surface area contributed by atoms with Crippen molar-refractivity contribution in [3.8, 4) is 0 Å². The van der Waals surface area contributed by atoms with Gasteiger partial charge in [0.1, 0.15) is 0 Å². The molecule has 0 atom stereocenters. The van der Waals surface area contributed by atoms with E-state index in [1.165, 1.54) is 5.56 Å². The molecule has 0 N–H and O–H groups in total. The van der Waals surface area contributed by atoms with Gasteiger partial charge in [-0.25, -0.2) is 0 Å². The summed E-state index contributed by atoms with van der Waals surface area (Å²) in [5.74, 6) is 1.36. The number of hydrogen-bond donors (Lipinski definition) is 0. The van der Waals surface area contributed by atoms with Crippen LogP contribution in [-0.2, 0) is 11.2 Å². The Balaban J connectivity index is 2.51. The number of anilines is 1. The molecule has 0 unspecified atom stereocenters. The third-order valence-electron chi connectivity index (χ3n) is 3.37. The van der Waals surface area contributed by atoms with E-state index in [0.717, 1.165) is 31.6 Å². The minimum atomic E-state index is 0.182. The van der Waals surface area contributed by atoms with Gasteiger partial charge in [-0.15, -0.1) is 23.2 Å². The van der Waals surface area contributed by atoms with Crippen LogP contribution in [0, 0.1) is 0 Å². The molecule has 118 valence electrons. The Morgan fingerprint density at radius 2 is 1.62 bits per heavy atom. The van der Waals surface area contributed by atoms with Gasteiger partial charge in [-0.05, 0) is 30.5 Å². The van der Waals surface area contributed by atoms with E-state index in [-0.39, 0.29) is 5.91 Å². The second kappa shape index (κ2) is 9.91. The molecule has 0 aliphatic rings. The van der Waals surface area contributed by atoms with Gasteiger partial charge in [0.05, 0.1) is 0 Å². The number of carbonyl (C=O) groups excluding carboxylic acids is 1. The highest BCUT2D eigenvalue weighted by atomic mass is 35.5. The first-order valence-electron chi connectivity index (χ1n) is 7.24. The molecular weight excluding hydrogens is 307 g/mol. The summed E-state index contributed by atoms with van der Waals surface area (Å²) in [6, 6.07) is 8.43. The van der Waals surface area contributed by atoms with E-state index >= 15 is 0 Å². The van der Waals surface area contributed by atoms with Crippen molar-refractivity contribution in [2.75, 3.05) is 43.8 Å². The van der Waals surface area contributed by atoms with Crippen LogP contribution in [0.2, 0.25) is 0 Å². The number of carbonyl (C=O) groups is 1. The van der Waals surface area contributed by atoms with Crippen molar-refractivity contribution in [1.29, 1.82) is 0 Å². The fourth-order valence-electron chi connectivity index (χ4n) is 2.11. The highest BCUT2D eigenvalue weighted by molar-refractivity contribution is 6.18. The minimum Gasteiger partial charge on any atom is -0.369 e. The summed E-state index contributed by atoms with van der Waals surface area (Å²) >= 11 is 11.6. The summed E-state index contributed by atoms with van der Waals surface area (Å²) in [6.07, 6.45) is 2.40. The van der Waals surface area contributed by atoms with Crippen LogP contribution in [0.3, 0.4) is 0 Å². The zero-order valence-corrected chi connectivity index (χ0v) is 14.3. The summed E-state index contributed by atoms with van der Waals surface area (Å²) in [5.41, 5.74) is 2.39. The van der Waals surface area contributed by atoms with Crippen molar-refractivity contribution < 1.29 is 4.79 Å². The molecule has 1 aromatic carbocycles. The smallest absolute Gasteiger partial charge is 0.222 e. The lowest BCUT2D eigenvalue weighted by molar-refractivity contribution is -0.128. The molecular formula is C16H24Cl2N2O. The lowest BCUT2D eigenvalue weighted by Crippen LogP contribution is -2.27. The largest absolute Gasteiger partial charge is 0.369 e. The average Bonchev–Trinajstić information content (AvgIpc) is 2.47. The topological polar surface area (TPSA) is 23.6 Å². The molecule has 1 amide bonds. The first-order chi connectivity index (χ1) is 10.1. The van der Waals surface area contributed by atoms with Crippen molar-refractivity contribution in [2.24, 2.45) is 0 Å². The number of benzene rings is 1. The van der Waals surface area contributed by atoms with Crippen LogP contribution in [0.15, 0.2) is 24.3 Å². The predicted octanol–water partition coefficient (Wildman–Crippen LogP) is 3.38. The fraction of sp³-hybridized carbons (Fsp3) is 0.562. The SMILES string of the molecule is CN(C)C(=O)CCCc1ccc(N(CCCl)CCCl)cc1. The van der Waals surface area contributed by atoms with Gasteiger partial charge >= 0.3 is 0 Å². The third kappa shape index (κ3) is 6.58. The molecule has 5 heteroatoms. The Labute approximate surface area is 137 Å². The van der Waals surface area contributed by atoms with Crippen LogP contribution in [-0.4, -0.2) is 49.8 Å². The lowest BCUT2D eigenvalue weighted by atomic mass is 10.1. The van der Waals surface area contributed by atoms with Crippen molar-refractivity contribution in [3.05, 3.63) is 29.8 Å². The number of aryl methyl sites for hydroxylation is 1. The summed E-state index contributed by atoms with van der Waals surface area (Å²) in [5, 5.41) is 0. The van der Waals surface area contributed by atoms with E-state index in [1.807, 2.05) is 0 Å². The van der Waals surface area contributed by atoms with Gasteiger partial charge in [0, 0.05) is 51.1 Å². The monoisotopic (exact) mass is 330 g/mol. The van der Waals surface area contributed by atoms with Crippen LogP contribution in [0.5, 0.6) is 0 Å². The van der Waals surface area contributed by atoms with Crippen molar-refractivity contribution in [1.82, 2.24) is 4.90 Å². The maximum atomic E-state index is 11.5. The summed E-state index contributed by atoms with van der Waals surface area (Å²) in [6.45, 7) is 1.59. The Bertz CT molecular complexity index is 415. The molecule has 1 rings (SSSR count). The Hall–Kier alpha value is -0.930. The van der Waals surface area contributed by atoms with E-state index in [2.05, 4.69) is 29.2 Å². The molecule has 0 bridgehead atoms. The van der Waals surface area contributed by atoms with Gasteiger partial charge in [0.2, 0.25) is 5.91 Å². The van der Waals surface area contributed by atoms with E-state index in [9.17, 15) is 4.79 Å². The molecule has 0 saturated heterocycles. The maximum absolute atomic E-state index is 11.5. The summed E-state index contributed by atoms with van der Waals surface area (Å²) in [4.78, 5) is 15.3. The lowest BCUT2D eigenvalue weighted by Gasteiger charge is -2.23. The average molecular weight is 331 g/mol. The van der Waals surface area contributed by atoms with Crippen molar-refractivity contribution in [3.63, 3.8) is 0 Å². The Morgan fingerprint density at radius 3 is 2.10 bits per heavy atom. The van der Waals surface area contributed by atoms with Crippen molar-refractivity contribution >= 4 is 34.8 Å². The molecule has 3 nitrogen and oxygen atoms in total. The fourth-order valence-corrected chi connectivity index (χ4v) is 2.52. The van der Waals surface area contributed by atoms with Gasteiger partial charge < -0.3 is 9.80 Å². The molecule has 0 radical (unpaired) electrons. The molecule has 0 heterocycles. The van der Waals surface area contributed by atoms with Crippen LogP contribution in [0.4, 0.5) is 5.69 Å². The second-order valence-corrected chi connectivity index (χ2v) is 5.93. The first-order valence-corrected chi connectivity index (χ1v) is 8.31. The van der Waals surface area contributed by atoms with E-state index in [1.54, 1.807) is 19.0 Å². The molecule has 21 heavy (non-hydrogen) atoms. The zero-order chi connectivity index (χ0) is 15.7. The van der Waals surface area contributed by atoms with Crippen LogP contribution >= 0.6 is 23.2 Å². The van der Waals surface area contributed by atoms with Crippen molar-refractivity contribution in [2.45, 2.75) is 19.3 Å². The van der Waals surface area contributed by atoms with Gasteiger partial charge in [0.25, 0.3) is 0 Å². The third-order valence-corrected chi connectivity index (χ3v) is 3.70. The van der Waals surface area contributed by atoms with E-state index in [0.29, 0.717) is 18.2 Å². The van der Waals surface area contributed by atoms with Crippen LogP contribution < -0.4 is 4.90 Å². The summed E-state index contributed by atoms with van der Waals surface area (Å²) in [7, 11) is 3.58. The molecule has 0 aliphatic heterocycles. The maximum Gasteiger partial charge on any atom is 0.222 e. The number of amides is 1. The minimum absolute atomic E-state index is 0.182. The number of rotatable bonds is 9. The normalized spacial score (nSPS) is 10.5. The molecule has 0 aliphatic carbocycles. The van der Waals surface area contributed by atoms with Gasteiger partial charge in [-0.2, -0.15) is 0 Å². The Morgan fingerprint density at radius 1 is 1.05 bits per heavy atom. The molecule has 0 aromatic heterocycles. The first kappa shape index (κ1) is 18.1. The van der Waals surface area contributed by atoms with Gasteiger partial charge in [-0.3, -0.25) is 4.79 Å². The molecule has 0 saturated carbocycles. The quantitative estimate of drug-likeness (QED) is 0.648. The number of alkyl halides is 2. The van der Waals surface area contributed by atoms with E-state index < -0.39 is 0 Å². The van der Waals surface area contributed by atoms with E-state index in [4.69, 9.17) is 23.2 Å². The van der Waals surface area contributed by atoms with Gasteiger partial charge in [-0.1, -0.05) is 12.1 Å².